The van der Waals surface area contributed by atoms with Crippen LogP contribution in [-0.2, 0) is 19.0 Å². The summed E-state index contributed by atoms with van der Waals surface area (Å²) >= 11 is 0. The van der Waals surface area contributed by atoms with Crippen molar-refractivity contribution in [2.45, 2.75) is 64.1 Å². The minimum Gasteiger partial charge on any atom is -0.420 e. The average Bonchev–Trinajstić information content (AvgIpc) is 2.96. The fraction of sp³-hybridized carbons (Fsp3) is 0.615. The van der Waals surface area contributed by atoms with E-state index in [0.717, 1.165) is 12.0 Å². The normalized spacial score (nSPS) is 21.6. The van der Waals surface area contributed by atoms with Crippen molar-refractivity contribution in [2.75, 3.05) is 33.0 Å². The lowest BCUT2D eigenvalue weighted by Crippen LogP contribution is -2.50. The molecular formula is C26H39F4N2O8P. The average molecular weight is 615 g/mol. The van der Waals surface area contributed by atoms with Crippen molar-refractivity contribution in [1.82, 2.24) is 5.32 Å². The Morgan fingerprint density at radius 3 is 2.41 bits per heavy atom. The molecule has 1 saturated heterocycles. The number of esters is 1. The Labute approximate surface area is 238 Å². The van der Waals surface area contributed by atoms with Gasteiger partial charge < -0.3 is 45.0 Å². The van der Waals surface area contributed by atoms with E-state index in [0.29, 0.717) is 19.6 Å². The maximum absolute atomic E-state index is 13.9. The first-order valence-corrected chi connectivity index (χ1v) is 13.5. The molecule has 0 bridgehead atoms. The van der Waals surface area contributed by atoms with Gasteiger partial charge in [0, 0.05) is 18.3 Å². The van der Waals surface area contributed by atoms with Crippen LogP contribution in [0, 0.1) is 34.6 Å². The second kappa shape index (κ2) is 19.1. The van der Waals surface area contributed by atoms with Crippen molar-refractivity contribution in [1.29, 1.82) is 5.41 Å². The Hall–Kier alpha value is -2.19. The molecule has 0 spiro atoms. The second-order valence-electron chi connectivity index (χ2n) is 9.07. The number of carbonyl (C=O) groups is 1. The molecule has 0 saturated carbocycles. The van der Waals surface area contributed by atoms with Crippen molar-refractivity contribution < 1.29 is 56.6 Å². The molecule has 41 heavy (non-hydrogen) atoms. The van der Waals surface area contributed by atoms with Gasteiger partial charge in [-0.25, -0.2) is 13.2 Å². The molecule has 0 aliphatic carbocycles. The summed E-state index contributed by atoms with van der Waals surface area (Å²) in [5.41, 5.74) is 1.07. The van der Waals surface area contributed by atoms with Crippen LogP contribution in [0.5, 0.6) is 5.75 Å². The van der Waals surface area contributed by atoms with Crippen LogP contribution in [0.4, 0.5) is 17.6 Å². The van der Waals surface area contributed by atoms with Gasteiger partial charge in [0.15, 0.2) is 23.7 Å². The molecule has 1 fully saturated rings. The highest BCUT2D eigenvalue weighted by molar-refractivity contribution is 7.27. The van der Waals surface area contributed by atoms with Gasteiger partial charge in [-0.2, -0.15) is 4.39 Å². The van der Waals surface area contributed by atoms with Crippen LogP contribution in [0.25, 0.3) is 0 Å². The molecule has 15 heteroatoms. The number of hydrogen-bond acceptors (Lipinski definition) is 10. The molecule has 1 aliphatic rings. The summed E-state index contributed by atoms with van der Waals surface area (Å²) in [6, 6.07) is 0. The monoisotopic (exact) mass is 614 g/mol. The van der Waals surface area contributed by atoms with Gasteiger partial charge >= 0.3 is 5.97 Å². The molecule has 0 amide bonds. The lowest BCUT2D eigenvalue weighted by Gasteiger charge is -2.34. The number of ether oxygens (including phenoxy) is 4. The van der Waals surface area contributed by atoms with E-state index < -0.39 is 64.9 Å². The van der Waals surface area contributed by atoms with E-state index in [1.165, 1.54) is 0 Å². The van der Waals surface area contributed by atoms with Gasteiger partial charge in [0.1, 0.15) is 12.2 Å². The van der Waals surface area contributed by atoms with Gasteiger partial charge in [-0.15, -0.1) is 0 Å². The third-order valence-electron chi connectivity index (χ3n) is 6.21. The molecule has 1 aromatic rings. The third kappa shape index (κ3) is 11.5. The first-order chi connectivity index (χ1) is 19.5. The summed E-state index contributed by atoms with van der Waals surface area (Å²) in [4.78, 5) is 11.8. The molecule has 6 unspecified atom stereocenters. The first-order valence-electron chi connectivity index (χ1n) is 12.9. The number of rotatable bonds is 15. The van der Waals surface area contributed by atoms with E-state index in [2.05, 4.69) is 23.7 Å². The predicted octanol–water partition coefficient (Wildman–Crippen LogP) is 2.08. The molecule has 1 heterocycles. The molecular weight excluding hydrogens is 575 g/mol. The number of aliphatic hydroxyl groups is 3. The molecule has 2 rings (SSSR count). The zero-order valence-corrected chi connectivity index (χ0v) is 24.2. The van der Waals surface area contributed by atoms with Crippen LogP contribution < -0.4 is 15.4 Å². The minimum atomic E-state index is -1.94. The minimum absolute atomic E-state index is 0.0146. The van der Waals surface area contributed by atoms with Crippen molar-refractivity contribution in [3.05, 3.63) is 35.0 Å². The van der Waals surface area contributed by atoms with Crippen LogP contribution in [0.2, 0.25) is 0 Å². The smallest absolute Gasteiger partial charge is 0.313 e. The van der Waals surface area contributed by atoms with E-state index >= 15 is 0 Å². The largest absolute Gasteiger partial charge is 0.420 e. The quantitative estimate of drug-likeness (QED) is 0.0293. The molecule has 0 aromatic heterocycles. The summed E-state index contributed by atoms with van der Waals surface area (Å²) < 4.78 is 75.1. The topological polar surface area (TPSA) is 151 Å². The molecule has 234 valence electrons. The fourth-order valence-electron chi connectivity index (χ4n) is 3.66. The van der Waals surface area contributed by atoms with Gasteiger partial charge in [-0.3, -0.25) is 4.79 Å². The van der Waals surface area contributed by atoms with E-state index in [1.807, 2.05) is 13.1 Å². The van der Waals surface area contributed by atoms with Crippen molar-refractivity contribution in [3.63, 3.8) is 0 Å². The zero-order chi connectivity index (χ0) is 31.1. The summed E-state index contributed by atoms with van der Waals surface area (Å²) in [6.45, 7) is 7.38. The van der Waals surface area contributed by atoms with Crippen LogP contribution in [-0.4, -0.2) is 85.6 Å². The number of benzene rings is 1. The Balaban J connectivity index is 0.00000411. The molecule has 1 aliphatic heterocycles. The maximum Gasteiger partial charge on any atom is 0.313 e. The Morgan fingerprint density at radius 2 is 1.76 bits per heavy atom. The number of carbonyl (C=O) groups excluding carboxylic acids is 1. The maximum atomic E-state index is 13.9. The zero-order valence-electron chi connectivity index (χ0n) is 23.0. The van der Waals surface area contributed by atoms with Crippen LogP contribution in [0.3, 0.4) is 0 Å². The summed E-state index contributed by atoms with van der Waals surface area (Å²) in [7, 11) is 1.58. The van der Waals surface area contributed by atoms with E-state index in [4.69, 9.17) is 19.6 Å². The lowest BCUT2D eigenvalue weighted by molar-refractivity contribution is -0.242. The standard InChI is InChI=1S/C25H36F4NO8P.CH3N/c1-3-13(2)14(4-7-36-12-16-23(34)15(31)10-18(33)37-16)11-30-6-9-35-8-5-17(32)38-24-20(27)19(26)21(28)25(39)22(24)29;1-2/h11,13,15-16,18,23,30-31,33-34H,3-10,12,39H2,1-2H3;2H,1H2/b14-11-;. The second-order valence-corrected chi connectivity index (χ2v) is 9.64. The number of halogens is 4. The van der Waals surface area contributed by atoms with E-state index in [9.17, 15) is 37.7 Å². The van der Waals surface area contributed by atoms with Crippen LogP contribution in [0.15, 0.2) is 11.8 Å². The van der Waals surface area contributed by atoms with Crippen LogP contribution >= 0.6 is 9.24 Å². The highest BCUT2D eigenvalue weighted by Gasteiger charge is 2.36. The summed E-state index contributed by atoms with van der Waals surface area (Å²) in [5, 5.41) is 37.0. The van der Waals surface area contributed by atoms with Gasteiger partial charge in [-0.1, -0.05) is 23.1 Å². The highest BCUT2D eigenvalue weighted by Crippen LogP contribution is 2.26. The Morgan fingerprint density at radius 1 is 1.10 bits per heavy atom. The van der Waals surface area contributed by atoms with E-state index in [-0.39, 0.29) is 38.6 Å². The molecule has 10 nitrogen and oxygen atoms in total. The van der Waals surface area contributed by atoms with Gasteiger partial charge in [0.25, 0.3) is 0 Å². The van der Waals surface area contributed by atoms with Gasteiger partial charge in [0.2, 0.25) is 11.6 Å². The summed E-state index contributed by atoms with van der Waals surface area (Å²) in [5.74, 6) is -9.27. The number of nitrogens with one attached hydrogen (secondary N) is 2. The van der Waals surface area contributed by atoms with Crippen molar-refractivity contribution in [2.24, 2.45) is 5.92 Å². The third-order valence-corrected chi connectivity index (χ3v) is 6.72. The Kier molecular flexibility index (Phi) is 17.1. The van der Waals surface area contributed by atoms with E-state index in [1.54, 1.807) is 9.24 Å². The highest BCUT2D eigenvalue weighted by atomic mass is 31.0. The Bertz CT molecular complexity index is 978. The number of hydrogen-bond donors (Lipinski definition) is 5. The number of aliphatic hydroxyl groups excluding tert-OH is 3. The molecule has 5 N–H and O–H groups in total. The van der Waals surface area contributed by atoms with Crippen molar-refractivity contribution in [3.8, 4) is 5.75 Å². The fourth-order valence-corrected chi connectivity index (χ4v) is 3.92. The van der Waals surface area contributed by atoms with Gasteiger partial charge in [0.05, 0.1) is 39.0 Å². The van der Waals surface area contributed by atoms with Crippen molar-refractivity contribution >= 4 is 27.2 Å². The van der Waals surface area contributed by atoms with Crippen LogP contribution in [0.1, 0.15) is 39.5 Å². The predicted molar refractivity (Wildman–Crippen MR) is 145 cm³/mol. The molecule has 1 aromatic carbocycles. The SMILES string of the molecule is C=N.CCC(C)/C(=C\NCCOCCC(=O)Oc1c(F)c(F)c(F)c(P)c1F)CCOCC1OC(O)CC(O)C1O. The first kappa shape index (κ1) is 36.8. The molecule has 0 radical (unpaired) electrons. The van der Waals surface area contributed by atoms with Gasteiger partial charge in [-0.05, 0) is 37.3 Å². The molecule has 6 atom stereocenters. The lowest BCUT2D eigenvalue weighted by atomic mass is 9.97. The summed E-state index contributed by atoms with van der Waals surface area (Å²) in [6.07, 6.45) is -1.34.